The fraction of sp³-hybridized carbons (Fsp3) is 0.579. The Balaban J connectivity index is 1.67. The number of benzene rings is 1. The van der Waals surface area contributed by atoms with E-state index in [4.69, 9.17) is 20.9 Å². The minimum atomic E-state index is -0.775. The number of aliphatic imine (C=N–C) groups is 2. The van der Waals surface area contributed by atoms with Gasteiger partial charge in [-0.05, 0) is 25.7 Å². The average Bonchev–Trinajstić information content (AvgIpc) is 2.65. The summed E-state index contributed by atoms with van der Waals surface area (Å²) in [5.74, 6) is -1.74. The molecule has 4 rings (SSSR count). The van der Waals surface area contributed by atoms with Crippen LogP contribution in [0, 0.1) is 11.6 Å². The van der Waals surface area contributed by atoms with E-state index in [-0.39, 0.29) is 29.5 Å². The summed E-state index contributed by atoms with van der Waals surface area (Å²) < 4.78 is 40.5. The highest BCUT2D eigenvalue weighted by Gasteiger charge is 2.43. The molecule has 1 aliphatic carbocycles. The number of anilines is 1. The molecule has 0 amide bonds. The number of hydrogen-bond donors (Lipinski definition) is 2. The standard InChI is InChI=1S/C19H25F2N5O2/c20-14-10-12(11-15(21)16(14)28-13-4-8-27-9-5-13)26-18(23)24-17(22)25-19(26)6-2-1-3-7-19/h10-11,13H,1-9H2,(H4,22,23,24,25). The maximum absolute atomic E-state index is 14.8. The second kappa shape index (κ2) is 7.54. The summed E-state index contributed by atoms with van der Waals surface area (Å²) >= 11 is 0. The quantitative estimate of drug-likeness (QED) is 0.823. The third-order valence-corrected chi connectivity index (χ3v) is 5.55. The van der Waals surface area contributed by atoms with Crippen molar-refractivity contribution in [1.82, 2.24) is 0 Å². The molecule has 0 bridgehead atoms. The Morgan fingerprint density at radius 1 is 1.07 bits per heavy atom. The van der Waals surface area contributed by atoms with Crippen molar-refractivity contribution >= 4 is 17.6 Å². The lowest BCUT2D eigenvalue weighted by molar-refractivity contribution is 0.0223. The summed E-state index contributed by atoms with van der Waals surface area (Å²) in [6, 6.07) is 2.46. The fourth-order valence-electron chi connectivity index (χ4n) is 4.24. The smallest absolute Gasteiger partial charge is 0.220 e. The fourth-order valence-corrected chi connectivity index (χ4v) is 4.24. The van der Waals surface area contributed by atoms with E-state index in [0.717, 1.165) is 19.3 Å². The third kappa shape index (κ3) is 3.50. The molecule has 0 atom stereocenters. The molecule has 9 heteroatoms. The van der Waals surface area contributed by atoms with Gasteiger partial charge in [0.15, 0.2) is 17.4 Å². The van der Waals surface area contributed by atoms with Crippen molar-refractivity contribution in [2.75, 3.05) is 18.1 Å². The molecule has 2 aliphatic heterocycles. The summed E-state index contributed by atoms with van der Waals surface area (Å²) in [6.45, 7) is 1.05. The molecule has 1 aromatic rings. The van der Waals surface area contributed by atoms with Crippen molar-refractivity contribution in [3.63, 3.8) is 0 Å². The van der Waals surface area contributed by atoms with E-state index in [0.29, 0.717) is 38.9 Å². The molecule has 152 valence electrons. The lowest BCUT2D eigenvalue weighted by atomic mass is 9.87. The maximum atomic E-state index is 14.8. The van der Waals surface area contributed by atoms with Gasteiger partial charge < -0.3 is 20.9 Å². The zero-order valence-corrected chi connectivity index (χ0v) is 15.7. The normalized spacial score (nSPS) is 22.7. The molecule has 0 radical (unpaired) electrons. The molecule has 28 heavy (non-hydrogen) atoms. The van der Waals surface area contributed by atoms with E-state index in [9.17, 15) is 8.78 Å². The molecule has 7 nitrogen and oxygen atoms in total. The van der Waals surface area contributed by atoms with Crippen LogP contribution < -0.4 is 21.1 Å². The highest BCUT2D eigenvalue weighted by molar-refractivity contribution is 6.05. The van der Waals surface area contributed by atoms with Crippen LogP contribution in [-0.4, -0.2) is 36.9 Å². The van der Waals surface area contributed by atoms with Gasteiger partial charge in [0, 0.05) is 25.0 Å². The lowest BCUT2D eigenvalue weighted by Gasteiger charge is -2.45. The molecule has 4 N–H and O–H groups in total. The third-order valence-electron chi connectivity index (χ3n) is 5.55. The van der Waals surface area contributed by atoms with Crippen LogP contribution in [0.15, 0.2) is 22.1 Å². The molecule has 0 unspecified atom stereocenters. The van der Waals surface area contributed by atoms with E-state index in [2.05, 4.69) is 9.98 Å². The van der Waals surface area contributed by atoms with Crippen molar-refractivity contribution < 1.29 is 18.3 Å². The predicted molar refractivity (Wildman–Crippen MR) is 102 cm³/mol. The highest BCUT2D eigenvalue weighted by atomic mass is 19.1. The van der Waals surface area contributed by atoms with Crippen LogP contribution in [0.3, 0.4) is 0 Å². The van der Waals surface area contributed by atoms with Crippen LogP contribution in [0.4, 0.5) is 14.5 Å². The van der Waals surface area contributed by atoms with Gasteiger partial charge in [-0.25, -0.2) is 13.8 Å². The molecule has 1 saturated heterocycles. The van der Waals surface area contributed by atoms with Gasteiger partial charge in [0.25, 0.3) is 0 Å². The summed E-state index contributed by atoms with van der Waals surface area (Å²) in [5.41, 5.74) is 11.5. The minimum absolute atomic E-state index is 0.0892. The molecule has 0 aromatic heterocycles. The highest BCUT2D eigenvalue weighted by Crippen LogP contribution is 2.41. The van der Waals surface area contributed by atoms with Crippen molar-refractivity contribution in [1.29, 1.82) is 0 Å². The van der Waals surface area contributed by atoms with Crippen LogP contribution in [0.5, 0.6) is 5.75 Å². The first kappa shape index (κ1) is 18.9. The van der Waals surface area contributed by atoms with Gasteiger partial charge >= 0.3 is 0 Å². The van der Waals surface area contributed by atoms with Crippen molar-refractivity contribution in [3.8, 4) is 5.75 Å². The molecule has 1 aromatic carbocycles. The first-order chi connectivity index (χ1) is 13.5. The van der Waals surface area contributed by atoms with Gasteiger partial charge in [-0.1, -0.05) is 6.42 Å². The Morgan fingerprint density at radius 2 is 1.71 bits per heavy atom. The van der Waals surface area contributed by atoms with Gasteiger partial charge in [-0.15, -0.1) is 0 Å². The molecule has 1 saturated carbocycles. The Hall–Kier alpha value is -2.42. The lowest BCUT2D eigenvalue weighted by Crippen LogP contribution is -2.58. The topological polar surface area (TPSA) is 98.5 Å². The number of guanidine groups is 2. The Bertz CT molecular complexity index is 779. The van der Waals surface area contributed by atoms with Gasteiger partial charge in [0.2, 0.25) is 11.9 Å². The van der Waals surface area contributed by atoms with Gasteiger partial charge in [-0.2, -0.15) is 4.99 Å². The first-order valence-electron chi connectivity index (χ1n) is 9.72. The first-order valence-corrected chi connectivity index (χ1v) is 9.72. The van der Waals surface area contributed by atoms with Crippen LogP contribution >= 0.6 is 0 Å². The van der Waals surface area contributed by atoms with E-state index in [1.54, 1.807) is 4.90 Å². The molecule has 2 fully saturated rings. The molecule has 2 heterocycles. The molecule has 3 aliphatic rings. The average molecular weight is 393 g/mol. The van der Waals surface area contributed by atoms with E-state index < -0.39 is 17.3 Å². The van der Waals surface area contributed by atoms with Crippen LogP contribution in [-0.2, 0) is 4.74 Å². The van der Waals surface area contributed by atoms with Crippen molar-refractivity contribution in [3.05, 3.63) is 23.8 Å². The number of halogens is 2. The number of nitrogens with zero attached hydrogens (tertiary/aromatic N) is 3. The second-order valence-electron chi connectivity index (χ2n) is 7.49. The Kier molecular flexibility index (Phi) is 5.09. The van der Waals surface area contributed by atoms with E-state index in [1.165, 1.54) is 12.1 Å². The zero-order chi connectivity index (χ0) is 19.7. The van der Waals surface area contributed by atoms with E-state index >= 15 is 0 Å². The van der Waals surface area contributed by atoms with E-state index in [1.807, 2.05) is 0 Å². The Morgan fingerprint density at radius 3 is 2.36 bits per heavy atom. The number of hydrogen-bond acceptors (Lipinski definition) is 7. The summed E-state index contributed by atoms with van der Waals surface area (Å²) in [4.78, 5) is 10.1. The van der Waals surface area contributed by atoms with Crippen LogP contribution in [0.25, 0.3) is 0 Å². The van der Waals surface area contributed by atoms with Crippen LogP contribution in [0.2, 0.25) is 0 Å². The van der Waals surface area contributed by atoms with Crippen molar-refractivity contribution in [2.24, 2.45) is 21.5 Å². The zero-order valence-electron chi connectivity index (χ0n) is 15.7. The number of nitrogens with two attached hydrogens (primary N) is 2. The summed E-state index contributed by atoms with van der Waals surface area (Å²) in [5, 5.41) is 0. The van der Waals surface area contributed by atoms with Crippen molar-refractivity contribution in [2.45, 2.75) is 56.7 Å². The second-order valence-corrected chi connectivity index (χ2v) is 7.49. The molecular weight excluding hydrogens is 368 g/mol. The summed E-state index contributed by atoms with van der Waals surface area (Å²) in [7, 11) is 0. The molecule has 1 spiro atoms. The van der Waals surface area contributed by atoms with Gasteiger partial charge in [0.05, 0.1) is 18.9 Å². The largest absolute Gasteiger partial charge is 0.484 e. The number of ether oxygens (including phenoxy) is 2. The maximum Gasteiger partial charge on any atom is 0.220 e. The SMILES string of the molecule is NC1=NC2(CCCCC2)N(c2cc(F)c(OC3CCOCC3)c(F)c2)C(N)=N1. The van der Waals surface area contributed by atoms with Gasteiger partial charge in [0.1, 0.15) is 11.8 Å². The summed E-state index contributed by atoms with van der Waals surface area (Å²) in [6.07, 6.45) is 5.24. The Labute approximate surface area is 162 Å². The molecular formula is C19H25F2N5O2. The van der Waals surface area contributed by atoms with Crippen LogP contribution in [0.1, 0.15) is 44.9 Å². The predicted octanol–water partition coefficient (Wildman–Crippen LogP) is 2.63. The van der Waals surface area contributed by atoms with Gasteiger partial charge in [-0.3, -0.25) is 4.90 Å². The minimum Gasteiger partial charge on any atom is -0.484 e. The monoisotopic (exact) mass is 393 g/mol. The number of rotatable bonds is 3.